The summed E-state index contributed by atoms with van der Waals surface area (Å²) >= 11 is 10.1. The highest BCUT2D eigenvalue weighted by molar-refractivity contribution is 9.10. The van der Waals surface area contributed by atoms with Crippen molar-refractivity contribution in [3.8, 4) is 5.75 Å². The van der Waals surface area contributed by atoms with Crippen molar-refractivity contribution >= 4 is 27.5 Å². The highest BCUT2D eigenvalue weighted by atomic mass is 79.9. The average molecular weight is 354 g/mol. The van der Waals surface area contributed by atoms with E-state index in [4.69, 9.17) is 16.3 Å². The maximum Gasteiger partial charge on any atom is 0.133 e. The van der Waals surface area contributed by atoms with Crippen LogP contribution in [-0.2, 0) is 6.42 Å². The number of hydrogen-bond donors (Lipinski definition) is 0. The molecule has 2 aromatic rings. The smallest absolute Gasteiger partial charge is 0.133 e. The number of alkyl halides is 1. The summed E-state index contributed by atoms with van der Waals surface area (Å²) in [5, 5.41) is -0.0334. The molecule has 0 N–H and O–H groups in total. The predicted octanol–water partition coefficient (Wildman–Crippen LogP) is 5.76. The van der Waals surface area contributed by atoms with E-state index in [1.54, 1.807) is 0 Å². The lowest BCUT2D eigenvalue weighted by molar-refractivity contribution is 0.315. The standard InChI is InChI=1S/C17H18BrClO/c1-2-10-20-17-9-8-14(12-15(17)18)16(19)11-13-6-4-3-5-7-13/h3-9,12,16H,2,10-11H2,1H3. The second-order valence-corrected chi connectivity index (χ2v) is 6.08. The summed E-state index contributed by atoms with van der Waals surface area (Å²) in [5.74, 6) is 0.874. The van der Waals surface area contributed by atoms with Gasteiger partial charge in [0.15, 0.2) is 0 Å². The van der Waals surface area contributed by atoms with Crippen molar-refractivity contribution in [2.24, 2.45) is 0 Å². The van der Waals surface area contributed by atoms with Crippen molar-refractivity contribution in [3.63, 3.8) is 0 Å². The molecule has 0 spiro atoms. The molecular formula is C17H18BrClO. The molecule has 1 unspecified atom stereocenters. The van der Waals surface area contributed by atoms with Crippen molar-refractivity contribution in [1.29, 1.82) is 0 Å². The Morgan fingerprint density at radius 1 is 1.15 bits per heavy atom. The summed E-state index contributed by atoms with van der Waals surface area (Å²) in [6.45, 7) is 2.82. The summed E-state index contributed by atoms with van der Waals surface area (Å²) in [6.07, 6.45) is 1.82. The summed E-state index contributed by atoms with van der Waals surface area (Å²) in [4.78, 5) is 0. The molecule has 0 aliphatic heterocycles. The molecule has 1 nitrogen and oxygen atoms in total. The molecule has 0 saturated heterocycles. The summed E-state index contributed by atoms with van der Waals surface area (Å²) in [7, 11) is 0. The SMILES string of the molecule is CCCOc1ccc(C(Cl)Cc2ccccc2)cc1Br. The fraction of sp³-hybridized carbons (Fsp3) is 0.294. The fourth-order valence-corrected chi connectivity index (χ4v) is 2.80. The molecule has 0 bridgehead atoms. The first-order valence-corrected chi connectivity index (χ1v) is 8.04. The van der Waals surface area contributed by atoms with Crippen LogP contribution in [0.2, 0.25) is 0 Å². The molecule has 0 heterocycles. The number of halogens is 2. The monoisotopic (exact) mass is 352 g/mol. The molecule has 2 rings (SSSR count). The molecule has 2 aromatic carbocycles. The van der Waals surface area contributed by atoms with Gasteiger partial charge in [-0.05, 0) is 52.0 Å². The molecule has 0 radical (unpaired) electrons. The molecule has 0 amide bonds. The third kappa shape index (κ3) is 4.26. The Morgan fingerprint density at radius 2 is 1.90 bits per heavy atom. The van der Waals surface area contributed by atoms with Crippen LogP contribution in [0.5, 0.6) is 5.75 Å². The molecule has 0 fully saturated rings. The molecule has 20 heavy (non-hydrogen) atoms. The van der Waals surface area contributed by atoms with Gasteiger partial charge in [-0.1, -0.05) is 43.3 Å². The second kappa shape index (κ2) is 7.70. The topological polar surface area (TPSA) is 9.23 Å². The Balaban J connectivity index is 2.07. The van der Waals surface area contributed by atoms with Crippen molar-refractivity contribution in [1.82, 2.24) is 0 Å². The van der Waals surface area contributed by atoms with Gasteiger partial charge in [-0.25, -0.2) is 0 Å². The van der Waals surface area contributed by atoms with Crippen LogP contribution in [0.25, 0.3) is 0 Å². The van der Waals surface area contributed by atoms with Gasteiger partial charge in [0.2, 0.25) is 0 Å². The Bertz CT molecular complexity index is 542. The molecular weight excluding hydrogens is 336 g/mol. The van der Waals surface area contributed by atoms with E-state index in [-0.39, 0.29) is 5.38 Å². The van der Waals surface area contributed by atoms with Gasteiger partial charge >= 0.3 is 0 Å². The van der Waals surface area contributed by atoms with Crippen LogP contribution in [-0.4, -0.2) is 6.61 Å². The minimum atomic E-state index is -0.0334. The third-order valence-electron chi connectivity index (χ3n) is 3.04. The maximum absolute atomic E-state index is 6.51. The van der Waals surface area contributed by atoms with E-state index < -0.39 is 0 Å². The van der Waals surface area contributed by atoms with E-state index >= 15 is 0 Å². The number of hydrogen-bond acceptors (Lipinski definition) is 1. The Labute approximate surface area is 134 Å². The molecule has 0 saturated carbocycles. The van der Waals surface area contributed by atoms with E-state index in [1.807, 2.05) is 36.4 Å². The van der Waals surface area contributed by atoms with Gasteiger partial charge < -0.3 is 4.74 Å². The molecule has 0 aliphatic rings. The van der Waals surface area contributed by atoms with Gasteiger partial charge in [-0.15, -0.1) is 11.6 Å². The molecule has 1 atom stereocenters. The molecule has 0 aromatic heterocycles. The zero-order chi connectivity index (χ0) is 14.4. The first kappa shape index (κ1) is 15.4. The summed E-state index contributed by atoms with van der Waals surface area (Å²) in [6, 6.07) is 16.4. The number of rotatable bonds is 6. The lowest BCUT2D eigenvalue weighted by Gasteiger charge is -2.13. The lowest BCUT2D eigenvalue weighted by Crippen LogP contribution is -1.99. The lowest BCUT2D eigenvalue weighted by atomic mass is 10.0. The molecule has 3 heteroatoms. The van der Waals surface area contributed by atoms with Gasteiger partial charge in [-0.3, -0.25) is 0 Å². The van der Waals surface area contributed by atoms with Crippen LogP contribution in [0.4, 0.5) is 0 Å². The van der Waals surface area contributed by atoms with Gasteiger partial charge in [0.25, 0.3) is 0 Å². The average Bonchev–Trinajstić information content (AvgIpc) is 2.47. The highest BCUT2D eigenvalue weighted by Crippen LogP contribution is 2.32. The first-order chi connectivity index (χ1) is 9.70. The van der Waals surface area contributed by atoms with Crippen LogP contribution in [0, 0.1) is 0 Å². The van der Waals surface area contributed by atoms with Gasteiger partial charge in [0, 0.05) is 0 Å². The van der Waals surface area contributed by atoms with Crippen molar-refractivity contribution in [2.45, 2.75) is 25.1 Å². The minimum Gasteiger partial charge on any atom is -0.492 e. The van der Waals surface area contributed by atoms with Crippen molar-refractivity contribution in [2.75, 3.05) is 6.61 Å². The predicted molar refractivity (Wildman–Crippen MR) is 88.7 cm³/mol. The van der Waals surface area contributed by atoms with E-state index in [9.17, 15) is 0 Å². The first-order valence-electron chi connectivity index (χ1n) is 6.81. The Morgan fingerprint density at radius 3 is 2.55 bits per heavy atom. The van der Waals surface area contributed by atoms with E-state index in [2.05, 4.69) is 35.0 Å². The largest absolute Gasteiger partial charge is 0.492 e. The zero-order valence-corrected chi connectivity index (χ0v) is 13.8. The van der Waals surface area contributed by atoms with Gasteiger partial charge in [0.1, 0.15) is 5.75 Å². The van der Waals surface area contributed by atoms with Crippen molar-refractivity contribution in [3.05, 3.63) is 64.1 Å². The fourth-order valence-electron chi connectivity index (χ4n) is 1.98. The zero-order valence-electron chi connectivity index (χ0n) is 11.5. The third-order valence-corrected chi connectivity index (χ3v) is 4.06. The van der Waals surface area contributed by atoms with E-state index in [0.29, 0.717) is 0 Å². The Hall–Kier alpha value is -0.990. The molecule has 0 aliphatic carbocycles. The van der Waals surface area contributed by atoms with Crippen LogP contribution in [0.1, 0.15) is 29.8 Å². The van der Waals surface area contributed by atoms with Crippen LogP contribution in [0.15, 0.2) is 53.0 Å². The van der Waals surface area contributed by atoms with Crippen LogP contribution < -0.4 is 4.74 Å². The maximum atomic E-state index is 6.51. The Kier molecular flexibility index (Phi) is 5.93. The second-order valence-electron chi connectivity index (χ2n) is 4.70. The van der Waals surface area contributed by atoms with E-state index in [1.165, 1.54) is 5.56 Å². The van der Waals surface area contributed by atoms with Crippen molar-refractivity contribution < 1.29 is 4.74 Å². The van der Waals surface area contributed by atoms with Crippen LogP contribution in [0.3, 0.4) is 0 Å². The minimum absolute atomic E-state index is 0.0334. The summed E-state index contributed by atoms with van der Waals surface area (Å²) in [5.41, 5.74) is 2.35. The number of ether oxygens (including phenoxy) is 1. The van der Waals surface area contributed by atoms with E-state index in [0.717, 1.165) is 35.2 Å². The molecule has 106 valence electrons. The van der Waals surface area contributed by atoms with Crippen LogP contribution >= 0.6 is 27.5 Å². The quantitative estimate of drug-likeness (QED) is 0.600. The highest BCUT2D eigenvalue weighted by Gasteiger charge is 2.11. The van der Waals surface area contributed by atoms with Gasteiger partial charge in [-0.2, -0.15) is 0 Å². The summed E-state index contributed by atoms with van der Waals surface area (Å²) < 4.78 is 6.61. The number of benzene rings is 2. The normalized spacial score (nSPS) is 12.2. The van der Waals surface area contributed by atoms with Gasteiger partial charge in [0.05, 0.1) is 16.5 Å².